The van der Waals surface area contributed by atoms with Gasteiger partial charge in [-0.25, -0.2) is 0 Å². The third-order valence-electron chi connectivity index (χ3n) is 3.38. The van der Waals surface area contributed by atoms with Crippen LogP contribution >= 0.6 is 11.6 Å². The molecule has 0 heterocycles. The lowest BCUT2D eigenvalue weighted by molar-refractivity contribution is -0.116. The van der Waals surface area contributed by atoms with Crippen molar-refractivity contribution in [1.29, 1.82) is 0 Å². The summed E-state index contributed by atoms with van der Waals surface area (Å²) >= 11 is 5.96. The minimum absolute atomic E-state index is 0.112. The van der Waals surface area contributed by atoms with E-state index in [1.807, 2.05) is 37.3 Å². The molecule has 1 atom stereocenters. The van der Waals surface area contributed by atoms with Crippen LogP contribution in [0.3, 0.4) is 0 Å². The molecule has 0 aromatic heterocycles. The number of anilines is 1. The molecular weight excluding hydrogens is 300 g/mol. The third-order valence-corrected chi connectivity index (χ3v) is 3.69. The lowest BCUT2D eigenvalue weighted by atomic mass is 9.97. The van der Waals surface area contributed by atoms with E-state index in [0.717, 1.165) is 5.56 Å². The first kappa shape index (κ1) is 16.0. The Balaban J connectivity index is 2.00. The lowest BCUT2D eigenvalue weighted by Crippen LogP contribution is -2.15. The van der Waals surface area contributed by atoms with Crippen LogP contribution < -0.4 is 11.1 Å². The third kappa shape index (κ3) is 4.09. The molecule has 0 fully saturated rings. The molecule has 0 saturated heterocycles. The molecule has 0 spiro atoms. The number of benzene rings is 2. The maximum atomic E-state index is 12.1. The lowest BCUT2D eigenvalue weighted by Gasteiger charge is -2.12. The average Bonchev–Trinajstić information content (AvgIpc) is 2.47. The second kappa shape index (κ2) is 7.09. The van der Waals surface area contributed by atoms with Crippen molar-refractivity contribution in [3.8, 4) is 0 Å². The van der Waals surface area contributed by atoms with Gasteiger partial charge in [-0.1, -0.05) is 48.9 Å². The Morgan fingerprint density at radius 2 is 1.86 bits per heavy atom. The summed E-state index contributed by atoms with van der Waals surface area (Å²) < 4.78 is 0. The van der Waals surface area contributed by atoms with Crippen molar-refractivity contribution in [2.45, 2.75) is 19.3 Å². The van der Waals surface area contributed by atoms with Crippen LogP contribution in [0.1, 0.15) is 35.2 Å². The van der Waals surface area contributed by atoms with E-state index in [-0.39, 0.29) is 22.4 Å². The largest absolute Gasteiger partial charge is 0.366 e. The van der Waals surface area contributed by atoms with Gasteiger partial charge in [0, 0.05) is 12.1 Å². The minimum atomic E-state index is -0.597. The normalized spacial score (nSPS) is 11.7. The SMILES string of the molecule is CC(CC(=O)Nc1ccc(C(N)=O)c(Cl)c1)c1ccccc1. The fourth-order valence-corrected chi connectivity index (χ4v) is 2.46. The van der Waals surface area contributed by atoms with Gasteiger partial charge in [-0.15, -0.1) is 0 Å². The highest BCUT2D eigenvalue weighted by Crippen LogP contribution is 2.22. The summed E-state index contributed by atoms with van der Waals surface area (Å²) in [5, 5.41) is 3.00. The van der Waals surface area contributed by atoms with E-state index in [4.69, 9.17) is 17.3 Å². The van der Waals surface area contributed by atoms with Crippen LogP contribution in [-0.2, 0) is 4.79 Å². The van der Waals surface area contributed by atoms with Crippen LogP contribution in [0.5, 0.6) is 0 Å². The molecule has 2 aromatic carbocycles. The van der Waals surface area contributed by atoms with Crippen molar-refractivity contribution in [2.24, 2.45) is 5.73 Å². The zero-order chi connectivity index (χ0) is 16.1. The number of halogens is 1. The number of carbonyl (C=O) groups excluding carboxylic acids is 2. The first-order valence-electron chi connectivity index (χ1n) is 6.91. The first-order chi connectivity index (χ1) is 10.5. The fourth-order valence-electron chi connectivity index (χ4n) is 2.18. The minimum Gasteiger partial charge on any atom is -0.366 e. The Kier molecular flexibility index (Phi) is 5.17. The van der Waals surface area contributed by atoms with Gasteiger partial charge in [0.25, 0.3) is 0 Å². The maximum Gasteiger partial charge on any atom is 0.250 e. The standard InChI is InChI=1S/C17H17ClN2O2/c1-11(12-5-3-2-4-6-12)9-16(21)20-13-7-8-14(17(19)22)15(18)10-13/h2-8,10-11H,9H2,1H3,(H2,19,22)(H,20,21). The van der Waals surface area contributed by atoms with E-state index in [0.29, 0.717) is 12.1 Å². The van der Waals surface area contributed by atoms with Gasteiger partial charge in [0.05, 0.1) is 10.6 Å². The van der Waals surface area contributed by atoms with Crippen LogP contribution in [0.25, 0.3) is 0 Å². The predicted octanol–water partition coefficient (Wildman–Crippen LogP) is 3.57. The molecular formula is C17H17ClN2O2. The van der Waals surface area contributed by atoms with Crippen molar-refractivity contribution in [3.05, 3.63) is 64.7 Å². The number of rotatable bonds is 5. The summed E-state index contributed by atoms with van der Waals surface area (Å²) in [6.07, 6.45) is 0.360. The number of nitrogens with two attached hydrogens (primary N) is 1. The molecule has 4 nitrogen and oxygen atoms in total. The molecule has 0 aliphatic carbocycles. The van der Waals surface area contributed by atoms with Gasteiger partial charge in [-0.3, -0.25) is 9.59 Å². The maximum absolute atomic E-state index is 12.1. The molecule has 5 heteroatoms. The summed E-state index contributed by atoms with van der Waals surface area (Å²) in [5.74, 6) is -0.596. The number of amides is 2. The average molecular weight is 317 g/mol. The molecule has 0 aliphatic heterocycles. The monoisotopic (exact) mass is 316 g/mol. The van der Waals surface area contributed by atoms with Crippen molar-refractivity contribution in [3.63, 3.8) is 0 Å². The summed E-state index contributed by atoms with van der Waals surface area (Å²) in [7, 11) is 0. The van der Waals surface area contributed by atoms with Gasteiger partial charge in [0.1, 0.15) is 0 Å². The van der Waals surface area contributed by atoms with Crippen molar-refractivity contribution in [2.75, 3.05) is 5.32 Å². The van der Waals surface area contributed by atoms with Gasteiger partial charge in [-0.05, 0) is 29.7 Å². The van der Waals surface area contributed by atoms with E-state index in [2.05, 4.69) is 5.32 Å². The highest BCUT2D eigenvalue weighted by atomic mass is 35.5. The summed E-state index contributed by atoms with van der Waals surface area (Å²) in [4.78, 5) is 23.2. The van der Waals surface area contributed by atoms with Gasteiger partial charge >= 0.3 is 0 Å². The number of nitrogens with one attached hydrogen (secondary N) is 1. The van der Waals surface area contributed by atoms with Gasteiger partial charge in [0.15, 0.2) is 0 Å². The van der Waals surface area contributed by atoms with Crippen LogP contribution in [0.4, 0.5) is 5.69 Å². The number of primary amides is 1. The van der Waals surface area contributed by atoms with Crippen molar-refractivity contribution in [1.82, 2.24) is 0 Å². The van der Waals surface area contributed by atoms with Crippen LogP contribution in [0.15, 0.2) is 48.5 Å². The molecule has 114 valence electrons. The van der Waals surface area contributed by atoms with E-state index in [1.54, 1.807) is 6.07 Å². The van der Waals surface area contributed by atoms with E-state index in [9.17, 15) is 9.59 Å². The smallest absolute Gasteiger partial charge is 0.250 e. The molecule has 0 saturated carbocycles. The summed E-state index contributed by atoms with van der Waals surface area (Å²) in [5.41, 5.74) is 7.07. The predicted molar refractivity (Wildman–Crippen MR) is 88.1 cm³/mol. The van der Waals surface area contributed by atoms with Crippen LogP contribution in [0.2, 0.25) is 5.02 Å². The number of carbonyl (C=O) groups is 2. The Morgan fingerprint density at radius 1 is 1.18 bits per heavy atom. The van der Waals surface area contributed by atoms with E-state index >= 15 is 0 Å². The molecule has 2 amide bonds. The molecule has 0 bridgehead atoms. The highest BCUT2D eigenvalue weighted by Gasteiger charge is 2.12. The summed E-state index contributed by atoms with van der Waals surface area (Å²) in [6, 6.07) is 14.5. The van der Waals surface area contributed by atoms with Gasteiger partial charge < -0.3 is 11.1 Å². The van der Waals surface area contributed by atoms with Gasteiger partial charge in [-0.2, -0.15) is 0 Å². The molecule has 2 aromatic rings. The Hall–Kier alpha value is -2.33. The molecule has 1 unspecified atom stereocenters. The molecule has 22 heavy (non-hydrogen) atoms. The van der Waals surface area contributed by atoms with Crippen molar-refractivity contribution >= 4 is 29.1 Å². The summed E-state index contributed by atoms with van der Waals surface area (Å²) in [6.45, 7) is 2.00. The van der Waals surface area contributed by atoms with Crippen LogP contribution in [0, 0.1) is 0 Å². The first-order valence-corrected chi connectivity index (χ1v) is 7.29. The van der Waals surface area contributed by atoms with Crippen LogP contribution in [-0.4, -0.2) is 11.8 Å². The quantitative estimate of drug-likeness (QED) is 0.885. The second-order valence-corrected chi connectivity index (χ2v) is 5.53. The Labute approximate surface area is 134 Å². The molecule has 0 aliphatic rings. The van der Waals surface area contributed by atoms with E-state index in [1.165, 1.54) is 12.1 Å². The Bertz CT molecular complexity index is 686. The zero-order valence-corrected chi connectivity index (χ0v) is 12.9. The zero-order valence-electron chi connectivity index (χ0n) is 12.2. The molecule has 0 radical (unpaired) electrons. The van der Waals surface area contributed by atoms with E-state index < -0.39 is 5.91 Å². The highest BCUT2D eigenvalue weighted by molar-refractivity contribution is 6.34. The van der Waals surface area contributed by atoms with Gasteiger partial charge in [0.2, 0.25) is 11.8 Å². The molecule has 2 rings (SSSR count). The number of hydrogen-bond acceptors (Lipinski definition) is 2. The Morgan fingerprint density at radius 3 is 2.45 bits per heavy atom. The second-order valence-electron chi connectivity index (χ2n) is 5.12. The number of hydrogen-bond donors (Lipinski definition) is 2. The topological polar surface area (TPSA) is 72.2 Å². The fraction of sp³-hybridized carbons (Fsp3) is 0.176. The molecule has 3 N–H and O–H groups in total. The van der Waals surface area contributed by atoms with Crippen molar-refractivity contribution < 1.29 is 9.59 Å².